The van der Waals surface area contributed by atoms with Crippen molar-refractivity contribution in [2.75, 3.05) is 38.1 Å². The van der Waals surface area contributed by atoms with Crippen LogP contribution in [0.1, 0.15) is 46.6 Å². The lowest BCUT2D eigenvalue weighted by molar-refractivity contribution is -0.132. The lowest BCUT2D eigenvalue weighted by Gasteiger charge is -2.11. The first kappa shape index (κ1) is 78.4. The average Bonchev–Trinajstić information content (AvgIpc) is 1.58. The molecule has 558 valence electrons. The quantitative estimate of drug-likeness (QED) is 0.0241. The van der Waals surface area contributed by atoms with Crippen LogP contribution < -0.4 is 31.0 Å². The van der Waals surface area contributed by atoms with Crippen molar-refractivity contribution in [3.63, 3.8) is 0 Å². The highest BCUT2D eigenvalue weighted by atomic mass is 32.2. The monoisotopic (exact) mass is 1510 g/mol. The third-order valence-electron chi connectivity index (χ3n) is 16.7. The third-order valence-corrected chi connectivity index (χ3v) is 18.4. The number of allylic oxidation sites excluding steroid dienone is 2. The van der Waals surface area contributed by atoms with Gasteiger partial charge in [-0.05, 0) is 129 Å². The van der Waals surface area contributed by atoms with Crippen LogP contribution in [0, 0.1) is 76.0 Å². The zero-order valence-electron chi connectivity index (χ0n) is 59.5. The van der Waals surface area contributed by atoms with Gasteiger partial charge >= 0.3 is 5.97 Å². The molecule has 0 saturated carbocycles. The number of aliphatic carboxylic acids is 1. The van der Waals surface area contributed by atoms with Crippen LogP contribution in [-0.2, 0) is 19.6 Å². The van der Waals surface area contributed by atoms with E-state index in [2.05, 4.69) is 30.2 Å². The lowest BCUT2D eigenvalue weighted by Crippen LogP contribution is -2.12. The van der Waals surface area contributed by atoms with Gasteiger partial charge in [-0.2, -0.15) is 5.26 Å². The largest absolute Gasteiger partial charge is 0.493 e. The summed E-state index contributed by atoms with van der Waals surface area (Å²) in [4.78, 5) is 41.5. The number of pyridine rings is 3. The summed E-state index contributed by atoms with van der Waals surface area (Å²) in [6.07, 6.45) is 12.6. The third kappa shape index (κ3) is 17.4. The van der Waals surface area contributed by atoms with Crippen molar-refractivity contribution in [2.24, 2.45) is 5.41 Å². The van der Waals surface area contributed by atoms with Gasteiger partial charge in [0, 0.05) is 161 Å². The SMILES string of the molecule is CC(C)(C)/C=C(\C#N)C(=O)O.CC/C=C(\C)C(=O)Nc1ccc(F)c(-c2cnc3[nH]cc(-c4cc(F)cc(F)c4OC)c3c2)c1.COc1c(F)cc(F)cc1-c1c[nH]c2ncc(-c3cc(N)ccc3F)cc12.COc1c(F)cc(F)cc1-c1cn(S(=O)(=O)c2ccc(C)cc2)c2ncc(-c3cc(N)ccc3F)cc12. The second kappa shape index (κ2) is 32.7. The maximum atomic E-state index is 14.8. The van der Waals surface area contributed by atoms with E-state index in [0.29, 0.717) is 78.6 Å². The normalized spacial score (nSPS) is 11.6. The lowest BCUT2D eigenvalue weighted by atomic mass is 9.94. The van der Waals surface area contributed by atoms with Gasteiger partial charge < -0.3 is 46.1 Å². The first-order chi connectivity index (χ1) is 51.7. The number of halogens is 9. The molecule has 7 aromatic carbocycles. The van der Waals surface area contributed by atoms with E-state index >= 15 is 0 Å². The number of hydrogen-bond acceptors (Lipinski definition) is 13. The van der Waals surface area contributed by atoms with Crippen molar-refractivity contribution < 1.29 is 76.8 Å². The molecule has 0 radical (unpaired) electrons. The maximum Gasteiger partial charge on any atom is 0.346 e. The smallest absolute Gasteiger partial charge is 0.346 e. The highest BCUT2D eigenvalue weighted by molar-refractivity contribution is 7.90. The number of methoxy groups -OCH3 is 3. The summed E-state index contributed by atoms with van der Waals surface area (Å²) in [7, 11) is -0.351. The number of nitrogens with one attached hydrogen (secondary N) is 3. The molecule has 0 aliphatic carbocycles. The number of carboxylic acids is 1. The zero-order valence-corrected chi connectivity index (χ0v) is 60.3. The second-order valence-corrected chi connectivity index (χ2v) is 27.4. The number of anilines is 3. The standard InChI is InChI=1S/C27H20F3N3O3S.C26H22F3N3O2.C20H14F3N3O.C8H11NO2/c1-15-3-6-19(7-4-15)37(34,35)33-14-23(21-10-17(28)11-25(30)26(21)36-2)22-9-16(13-32-27(22)33)20-12-18(31)5-8-24(20)29;1-4-5-14(2)26(33)32-17-6-7-22(28)18(11-17)15-8-20-21(13-31-25(20)30-12-15)19-9-16(27)10-23(29)24(19)34-3;1-27-19-14(5-11(21)6-18(19)23)16-9-26-20-15(16)4-10(8-25-20)13-7-12(24)2-3-17(13)22;1-8(2,3)4-6(5-9)7(10)11/h3-14H,31H2,1-2H3;5-13H,4H2,1-3H3,(H,30,31)(H,32,33);2-9H,24H2,1H3,(H,25,26);4H,1-3H3,(H,10,11)/b;14-5+;;6-4+. The van der Waals surface area contributed by atoms with Gasteiger partial charge in [-0.1, -0.05) is 57.5 Å². The van der Waals surface area contributed by atoms with E-state index in [-0.39, 0.29) is 89.0 Å². The zero-order chi connectivity index (χ0) is 79.1. The van der Waals surface area contributed by atoms with Crippen LogP contribution in [0.3, 0.4) is 0 Å². The van der Waals surface area contributed by atoms with E-state index < -0.39 is 68.3 Å². The van der Waals surface area contributed by atoms with Gasteiger partial charge in [-0.25, -0.2) is 71.7 Å². The first-order valence-corrected chi connectivity index (χ1v) is 34.3. The topological polar surface area (TPSA) is 279 Å². The number of nitrogen functional groups attached to an aromatic ring is 2. The van der Waals surface area contributed by atoms with Crippen LogP contribution in [0.5, 0.6) is 17.2 Å². The summed E-state index contributed by atoms with van der Waals surface area (Å²) in [6, 6.07) is 30.8. The Morgan fingerprint density at radius 1 is 0.569 bits per heavy atom. The minimum atomic E-state index is -4.17. The molecular weight excluding hydrogens is 1440 g/mol. The number of carbonyl (C=O) groups is 2. The summed E-state index contributed by atoms with van der Waals surface area (Å²) in [5, 5.41) is 20.9. The molecule has 13 rings (SSSR count). The molecule has 0 atom stereocenters. The molecule has 0 aliphatic heterocycles. The number of aromatic amines is 2. The summed E-state index contributed by atoms with van der Waals surface area (Å²) in [5.74, 6) is -8.44. The number of nitriles is 1. The molecule has 0 bridgehead atoms. The number of ether oxygens (including phenoxy) is 3. The first-order valence-electron chi connectivity index (χ1n) is 32.9. The van der Waals surface area contributed by atoms with E-state index in [1.807, 2.05) is 34.6 Å². The van der Waals surface area contributed by atoms with Crippen LogP contribution in [0.25, 0.3) is 99.9 Å². The molecule has 6 heterocycles. The van der Waals surface area contributed by atoms with E-state index in [9.17, 15) is 57.5 Å². The predicted molar refractivity (Wildman–Crippen MR) is 400 cm³/mol. The number of fused-ring (bicyclic) bond motifs is 3. The Morgan fingerprint density at radius 3 is 1.40 bits per heavy atom. The fourth-order valence-corrected chi connectivity index (χ4v) is 13.0. The number of nitrogens with zero attached hydrogens (tertiary/aromatic N) is 5. The molecule has 6 aromatic heterocycles. The molecule has 28 heteroatoms. The molecule has 1 amide bonds. The Bertz CT molecular complexity index is 5930. The van der Waals surface area contributed by atoms with Crippen molar-refractivity contribution in [1.29, 1.82) is 5.26 Å². The van der Waals surface area contributed by atoms with Gasteiger partial charge in [0.1, 0.15) is 57.8 Å². The van der Waals surface area contributed by atoms with Crippen molar-refractivity contribution in [1.82, 2.24) is 28.9 Å². The van der Waals surface area contributed by atoms with Gasteiger partial charge in [0.25, 0.3) is 15.9 Å². The van der Waals surface area contributed by atoms with E-state index in [4.69, 9.17) is 36.0 Å². The summed E-state index contributed by atoms with van der Waals surface area (Å²) in [5.41, 5.74) is 17.9. The summed E-state index contributed by atoms with van der Waals surface area (Å²) in [6.45, 7) is 11.0. The maximum absolute atomic E-state index is 14.8. The Balaban J connectivity index is 0.000000164. The highest BCUT2D eigenvalue weighted by Gasteiger charge is 2.28. The molecule has 8 N–H and O–H groups in total. The Kier molecular flexibility index (Phi) is 23.5. The highest BCUT2D eigenvalue weighted by Crippen LogP contribution is 2.44. The number of amides is 1. The van der Waals surface area contributed by atoms with Crippen molar-refractivity contribution in [2.45, 2.75) is 52.9 Å². The number of rotatable bonds is 15. The van der Waals surface area contributed by atoms with Gasteiger partial charge in [0.2, 0.25) is 0 Å². The van der Waals surface area contributed by atoms with E-state index in [1.54, 1.807) is 55.7 Å². The second-order valence-electron chi connectivity index (χ2n) is 25.6. The number of hydrogen-bond donors (Lipinski definition) is 6. The molecule has 109 heavy (non-hydrogen) atoms. The minimum absolute atomic E-state index is 0.00769. The van der Waals surface area contributed by atoms with Crippen LogP contribution >= 0.6 is 0 Å². The fraction of sp³-hybridized carbons (Fsp3) is 0.136. The summed E-state index contributed by atoms with van der Waals surface area (Å²) < 4.78 is 172. The van der Waals surface area contributed by atoms with Crippen molar-refractivity contribution >= 4 is 72.1 Å². The Labute approximate surface area is 618 Å². The molecule has 0 saturated heterocycles. The molecule has 13 aromatic rings. The van der Waals surface area contributed by atoms with Crippen molar-refractivity contribution in [3.05, 3.63) is 252 Å². The predicted octanol–water partition coefficient (Wildman–Crippen LogP) is 19.0. The minimum Gasteiger partial charge on any atom is -0.493 e. The van der Waals surface area contributed by atoms with Gasteiger partial charge in [-0.15, -0.1) is 0 Å². The fourth-order valence-electron chi connectivity index (χ4n) is 11.7. The van der Waals surface area contributed by atoms with E-state index in [1.165, 1.54) is 137 Å². The number of benzene rings is 7. The average molecular weight is 1510 g/mol. The van der Waals surface area contributed by atoms with E-state index in [0.717, 1.165) is 34.2 Å². The number of nitrogens with two attached hydrogens (primary N) is 2. The molecule has 0 spiro atoms. The van der Waals surface area contributed by atoms with Gasteiger partial charge in [0.05, 0.1) is 26.2 Å². The number of carbonyl (C=O) groups excluding carboxylic acids is 1. The number of H-pyrrole nitrogens is 2. The van der Waals surface area contributed by atoms with Crippen LogP contribution in [-0.4, -0.2) is 75.6 Å². The van der Waals surface area contributed by atoms with Gasteiger partial charge in [-0.3, -0.25) is 4.79 Å². The van der Waals surface area contributed by atoms with Crippen LogP contribution in [0.4, 0.5) is 56.6 Å². The molecule has 18 nitrogen and oxygen atoms in total. The van der Waals surface area contributed by atoms with Crippen molar-refractivity contribution in [3.8, 4) is 90.1 Å². The molecule has 0 unspecified atom stereocenters. The Morgan fingerprint density at radius 2 is 0.991 bits per heavy atom. The van der Waals surface area contributed by atoms with Gasteiger partial charge in [0.15, 0.2) is 40.3 Å². The molecular formula is C81H67F9N10O8S. The van der Waals surface area contributed by atoms with Crippen LogP contribution in [0.15, 0.2) is 199 Å². The Hall–Kier alpha value is -13.2. The summed E-state index contributed by atoms with van der Waals surface area (Å²) >= 11 is 0. The molecule has 0 fully saturated rings. The number of aromatic nitrogens is 6. The number of carboxylic acid groups (broad SMARTS) is 1. The number of aryl methyl sites for hydroxylation is 1. The molecule has 0 aliphatic rings. The van der Waals surface area contributed by atoms with Crippen LogP contribution in [0.2, 0.25) is 0 Å².